The minimum absolute atomic E-state index is 0.172. The van der Waals surface area contributed by atoms with Gasteiger partial charge in [-0.05, 0) is 50.2 Å². The van der Waals surface area contributed by atoms with Crippen LogP contribution in [0.25, 0.3) is 10.6 Å². The topological polar surface area (TPSA) is 77.5 Å². The summed E-state index contributed by atoms with van der Waals surface area (Å²) in [5.74, 6) is -0.293. The number of carbonyl (C=O) groups is 2. The van der Waals surface area contributed by atoms with Gasteiger partial charge in [-0.1, -0.05) is 17.7 Å². The molecule has 1 heterocycles. The summed E-state index contributed by atoms with van der Waals surface area (Å²) in [5, 5.41) is 5.03. The molecule has 0 spiro atoms. The molecule has 0 radical (unpaired) electrons. The molecule has 0 fully saturated rings. The molecule has 2 aromatic carbocycles. The van der Waals surface area contributed by atoms with Gasteiger partial charge < -0.3 is 14.8 Å². The number of benzene rings is 2. The second-order valence-corrected chi connectivity index (χ2v) is 7.03. The minimum atomic E-state index is -0.945. The number of hydrogen-bond donors (Lipinski definition) is 1. The fraction of sp³-hybridized carbons (Fsp3) is 0.190. The first-order valence-electron chi connectivity index (χ1n) is 8.64. The minimum Gasteiger partial charge on any atom is -0.497 e. The van der Waals surface area contributed by atoms with Crippen LogP contribution in [0.5, 0.6) is 5.75 Å². The second kappa shape index (κ2) is 8.67. The van der Waals surface area contributed by atoms with Crippen molar-refractivity contribution in [1.29, 1.82) is 0 Å². The number of ether oxygens (including phenoxy) is 2. The Labute approximate surface area is 167 Å². The number of rotatable bonds is 6. The SMILES string of the molecule is COc1ccc(-c2nc(C(=O)O[C@@H](C)C(=O)Nc3ccc(C)cc3)cs2)cc1. The standard InChI is InChI=1S/C21H20N2O4S/c1-13-4-8-16(9-5-13)22-19(24)14(2)27-21(25)18-12-28-20(23-18)15-6-10-17(26-3)11-7-15/h4-12,14H,1-3H3,(H,22,24)/t14-/m0/s1. The molecule has 7 heteroatoms. The molecule has 1 aromatic heterocycles. The van der Waals surface area contributed by atoms with Gasteiger partial charge in [-0.15, -0.1) is 11.3 Å². The van der Waals surface area contributed by atoms with Crippen LogP contribution in [0.4, 0.5) is 5.69 Å². The average Bonchev–Trinajstić information content (AvgIpc) is 3.20. The van der Waals surface area contributed by atoms with Crippen molar-refractivity contribution in [3.8, 4) is 16.3 Å². The summed E-state index contributed by atoms with van der Waals surface area (Å²) in [6.07, 6.45) is -0.945. The molecule has 3 rings (SSSR count). The van der Waals surface area contributed by atoms with Crippen molar-refractivity contribution in [2.45, 2.75) is 20.0 Å². The normalized spacial score (nSPS) is 11.5. The maximum absolute atomic E-state index is 12.3. The van der Waals surface area contributed by atoms with E-state index in [1.54, 1.807) is 24.6 Å². The quantitative estimate of drug-likeness (QED) is 0.628. The Hall–Kier alpha value is -3.19. The molecule has 3 aromatic rings. The van der Waals surface area contributed by atoms with E-state index < -0.39 is 18.0 Å². The van der Waals surface area contributed by atoms with Crippen LogP contribution in [0.15, 0.2) is 53.9 Å². The van der Waals surface area contributed by atoms with Crippen molar-refractivity contribution in [2.24, 2.45) is 0 Å². The van der Waals surface area contributed by atoms with Gasteiger partial charge in [-0.2, -0.15) is 0 Å². The Morgan fingerprint density at radius 1 is 1.07 bits per heavy atom. The van der Waals surface area contributed by atoms with Gasteiger partial charge in [0, 0.05) is 16.6 Å². The zero-order valence-electron chi connectivity index (χ0n) is 15.8. The van der Waals surface area contributed by atoms with Gasteiger partial charge >= 0.3 is 5.97 Å². The largest absolute Gasteiger partial charge is 0.497 e. The third-order valence-corrected chi connectivity index (χ3v) is 4.91. The molecule has 1 N–H and O–H groups in total. The number of esters is 1. The van der Waals surface area contributed by atoms with Gasteiger partial charge in [-0.3, -0.25) is 4.79 Å². The van der Waals surface area contributed by atoms with E-state index in [1.165, 1.54) is 18.3 Å². The molecule has 0 aliphatic carbocycles. The van der Waals surface area contributed by atoms with Crippen LogP contribution in [0, 0.1) is 6.92 Å². The molecule has 1 amide bonds. The first-order chi connectivity index (χ1) is 13.5. The number of thiazole rings is 1. The third kappa shape index (κ3) is 4.75. The number of hydrogen-bond acceptors (Lipinski definition) is 6. The fourth-order valence-electron chi connectivity index (χ4n) is 2.39. The Balaban J connectivity index is 1.61. The number of methoxy groups -OCH3 is 1. The lowest BCUT2D eigenvalue weighted by Gasteiger charge is -2.12. The summed E-state index contributed by atoms with van der Waals surface area (Å²) in [6.45, 7) is 3.49. The highest BCUT2D eigenvalue weighted by Gasteiger charge is 2.21. The van der Waals surface area contributed by atoms with Gasteiger partial charge in [0.1, 0.15) is 10.8 Å². The van der Waals surface area contributed by atoms with Gasteiger partial charge in [0.25, 0.3) is 5.91 Å². The molecule has 28 heavy (non-hydrogen) atoms. The Bertz CT molecular complexity index is 965. The first kappa shape index (κ1) is 19.6. The molecule has 0 unspecified atom stereocenters. The lowest BCUT2D eigenvalue weighted by atomic mass is 10.2. The predicted octanol–water partition coefficient (Wildman–Crippen LogP) is 4.31. The van der Waals surface area contributed by atoms with Crippen LogP contribution in [0.1, 0.15) is 23.0 Å². The maximum Gasteiger partial charge on any atom is 0.358 e. The number of aromatic nitrogens is 1. The summed E-state index contributed by atoms with van der Waals surface area (Å²) in [7, 11) is 1.60. The number of nitrogens with one attached hydrogen (secondary N) is 1. The molecule has 0 saturated heterocycles. The predicted molar refractivity (Wildman–Crippen MR) is 109 cm³/mol. The Morgan fingerprint density at radius 2 is 1.75 bits per heavy atom. The number of carbonyl (C=O) groups excluding carboxylic acids is 2. The van der Waals surface area contributed by atoms with E-state index in [0.29, 0.717) is 10.7 Å². The average molecular weight is 396 g/mol. The van der Waals surface area contributed by atoms with Gasteiger partial charge in [0.2, 0.25) is 0 Å². The number of amides is 1. The summed E-state index contributed by atoms with van der Waals surface area (Å²) in [6, 6.07) is 14.8. The zero-order valence-corrected chi connectivity index (χ0v) is 16.6. The summed E-state index contributed by atoms with van der Waals surface area (Å²) in [4.78, 5) is 28.9. The number of anilines is 1. The zero-order chi connectivity index (χ0) is 20.1. The summed E-state index contributed by atoms with van der Waals surface area (Å²) in [5.41, 5.74) is 2.78. The van der Waals surface area contributed by atoms with E-state index in [0.717, 1.165) is 16.9 Å². The number of nitrogens with zero attached hydrogens (tertiary/aromatic N) is 1. The van der Waals surface area contributed by atoms with Crippen LogP contribution < -0.4 is 10.1 Å². The lowest BCUT2D eigenvalue weighted by Crippen LogP contribution is -2.30. The Morgan fingerprint density at radius 3 is 2.39 bits per heavy atom. The van der Waals surface area contributed by atoms with E-state index in [2.05, 4.69) is 10.3 Å². The highest BCUT2D eigenvalue weighted by atomic mass is 32.1. The Kier molecular flexibility index (Phi) is 6.06. The summed E-state index contributed by atoms with van der Waals surface area (Å²) < 4.78 is 10.4. The van der Waals surface area contributed by atoms with Gasteiger partial charge in [0.15, 0.2) is 11.8 Å². The monoisotopic (exact) mass is 396 g/mol. The molecular formula is C21H20N2O4S. The lowest BCUT2D eigenvalue weighted by molar-refractivity contribution is -0.123. The molecule has 0 aliphatic heterocycles. The van der Waals surface area contributed by atoms with E-state index in [1.807, 2.05) is 43.3 Å². The first-order valence-corrected chi connectivity index (χ1v) is 9.52. The van der Waals surface area contributed by atoms with Crippen molar-refractivity contribution >= 4 is 28.9 Å². The molecule has 144 valence electrons. The highest BCUT2D eigenvalue weighted by Crippen LogP contribution is 2.26. The van der Waals surface area contributed by atoms with Gasteiger partial charge in [-0.25, -0.2) is 9.78 Å². The third-order valence-electron chi connectivity index (χ3n) is 4.02. The van der Waals surface area contributed by atoms with Gasteiger partial charge in [0.05, 0.1) is 7.11 Å². The van der Waals surface area contributed by atoms with Crippen molar-refractivity contribution in [1.82, 2.24) is 4.98 Å². The van der Waals surface area contributed by atoms with E-state index >= 15 is 0 Å². The van der Waals surface area contributed by atoms with Crippen LogP contribution in [0.3, 0.4) is 0 Å². The molecule has 6 nitrogen and oxygen atoms in total. The fourth-order valence-corrected chi connectivity index (χ4v) is 3.18. The second-order valence-electron chi connectivity index (χ2n) is 6.17. The smallest absolute Gasteiger partial charge is 0.358 e. The van der Waals surface area contributed by atoms with Crippen LogP contribution in [0.2, 0.25) is 0 Å². The van der Waals surface area contributed by atoms with Crippen LogP contribution >= 0.6 is 11.3 Å². The van der Waals surface area contributed by atoms with E-state index in [-0.39, 0.29) is 5.69 Å². The molecule has 0 bridgehead atoms. The number of aryl methyl sites for hydroxylation is 1. The maximum atomic E-state index is 12.3. The van der Waals surface area contributed by atoms with Crippen molar-refractivity contribution in [3.63, 3.8) is 0 Å². The van der Waals surface area contributed by atoms with Crippen molar-refractivity contribution in [2.75, 3.05) is 12.4 Å². The van der Waals surface area contributed by atoms with E-state index in [9.17, 15) is 9.59 Å². The van der Waals surface area contributed by atoms with Crippen molar-refractivity contribution < 1.29 is 19.1 Å². The molecule has 1 atom stereocenters. The van der Waals surface area contributed by atoms with Crippen molar-refractivity contribution in [3.05, 3.63) is 65.2 Å². The highest BCUT2D eigenvalue weighted by molar-refractivity contribution is 7.13. The molecule has 0 saturated carbocycles. The molecular weight excluding hydrogens is 376 g/mol. The van der Waals surface area contributed by atoms with Crippen LogP contribution in [-0.2, 0) is 9.53 Å². The molecule has 0 aliphatic rings. The van der Waals surface area contributed by atoms with E-state index in [4.69, 9.17) is 9.47 Å². The summed E-state index contributed by atoms with van der Waals surface area (Å²) >= 11 is 1.33. The van der Waals surface area contributed by atoms with Crippen LogP contribution in [-0.4, -0.2) is 30.1 Å².